The molecule has 0 atom stereocenters. The number of hydrogen-bond acceptors (Lipinski definition) is 2. The molecule has 2 rings (SSSR count). The predicted molar refractivity (Wildman–Crippen MR) is 42.4 cm³/mol. The fraction of sp³-hybridized carbons (Fsp3) is 0.750. The topological polar surface area (TPSA) is 41.6 Å². The van der Waals surface area contributed by atoms with Crippen molar-refractivity contribution < 1.29 is 8.78 Å². The molecule has 3 nitrogen and oxygen atoms in total. The third kappa shape index (κ3) is 1.55. The second-order valence-corrected chi connectivity index (χ2v) is 3.40. The van der Waals surface area contributed by atoms with Crippen LogP contribution >= 0.6 is 0 Å². The SMILES string of the molecule is FC1(F)CCCCCc2nn[nH]c21. The molecule has 0 unspecified atom stereocenters. The van der Waals surface area contributed by atoms with Gasteiger partial charge >= 0.3 is 0 Å². The summed E-state index contributed by atoms with van der Waals surface area (Å²) in [5.74, 6) is -2.76. The maximum Gasteiger partial charge on any atom is 0.291 e. The molecule has 0 saturated carbocycles. The number of alkyl halides is 2. The molecule has 5 heteroatoms. The number of nitrogens with one attached hydrogen (secondary N) is 1. The first kappa shape index (κ1) is 8.59. The van der Waals surface area contributed by atoms with E-state index in [1.807, 2.05) is 0 Å². The van der Waals surface area contributed by atoms with Gasteiger partial charge in [0.15, 0.2) is 0 Å². The van der Waals surface area contributed by atoms with E-state index in [9.17, 15) is 8.78 Å². The van der Waals surface area contributed by atoms with Crippen molar-refractivity contribution in [2.45, 2.75) is 38.0 Å². The van der Waals surface area contributed by atoms with E-state index in [0.717, 1.165) is 12.8 Å². The second-order valence-electron chi connectivity index (χ2n) is 3.40. The first-order valence-corrected chi connectivity index (χ1v) is 4.48. The Bertz CT molecular complexity index is 295. The predicted octanol–water partition coefficient (Wildman–Crippen LogP) is 2.01. The average Bonchev–Trinajstić information content (AvgIpc) is 2.49. The Kier molecular flexibility index (Phi) is 2.01. The van der Waals surface area contributed by atoms with Crippen molar-refractivity contribution in [3.63, 3.8) is 0 Å². The zero-order chi connectivity index (χ0) is 9.31. The normalized spacial score (nSPS) is 21.7. The molecule has 0 saturated heterocycles. The minimum Gasteiger partial charge on any atom is -0.256 e. The zero-order valence-electron chi connectivity index (χ0n) is 7.19. The second kappa shape index (κ2) is 3.05. The van der Waals surface area contributed by atoms with Crippen LogP contribution in [0.2, 0.25) is 0 Å². The van der Waals surface area contributed by atoms with Crippen LogP contribution < -0.4 is 0 Å². The van der Waals surface area contributed by atoms with Crippen molar-refractivity contribution in [2.24, 2.45) is 0 Å². The molecule has 0 fully saturated rings. The van der Waals surface area contributed by atoms with Gasteiger partial charge in [-0.15, -0.1) is 5.10 Å². The molecule has 1 aromatic heterocycles. The summed E-state index contributed by atoms with van der Waals surface area (Å²) in [4.78, 5) is 0. The summed E-state index contributed by atoms with van der Waals surface area (Å²) in [5, 5.41) is 9.40. The molecule has 1 aliphatic rings. The van der Waals surface area contributed by atoms with Gasteiger partial charge in [0, 0.05) is 6.42 Å². The van der Waals surface area contributed by atoms with Gasteiger partial charge in [0.05, 0.1) is 5.69 Å². The van der Waals surface area contributed by atoms with Crippen molar-refractivity contribution in [2.75, 3.05) is 0 Å². The zero-order valence-corrected chi connectivity index (χ0v) is 7.19. The van der Waals surface area contributed by atoms with Gasteiger partial charge in [-0.05, 0) is 19.3 Å². The third-order valence-electron chi connectivity index (χ3n) is 2.39. The van der Waals surface area contributed by atoms with Gasteiger partial charge in [-0.1, -0.05) is 11.6 Å². The van der Waals surface area contributed by atoms with Crippen LogP contribution in [-0.2, 0) is 12.3 Å². The fourth-order valence-corrected chi connectivity index (χ4v) is 1.66. The van der Waals surface area contributed by atoms with Gasteiger partial charge in [-0.3, -0.25) is 5.10 Å². The molecular weight excluding hydrogens is 176 g/mol. The Morgan fingerprint density at radius 2 is 2.08 bits per heavy atom. The van der Waals surface area contributed by atoms with Crippen molar-refractivity contribution in [1.82, 2.24) is 15.4 Å². The molecule has 1 N–H and O–H groups in total. The first-order chi connectivity index (χ1) is 6.20. The van der Waals surface area contributed by atoms with Gasteiger partial charge in [-0.2, -0.15) is 8.78 Å². The van der Waals surface area contributed by atoms with Crippen molar-refractivity contribution >= 4 is 0 Å². The van der Waals surface area contributed by atoms with E-state index in [0.29, 0.717) is 18.5 Å². The smallest absolute Gasteiger partial charge is 0.256 e. The van der Waals surface area contributed by atoms with Crippen LogP contribution in [0.5, 0.6) is 0 Å². The number of H-pyrrole nitrogens is 1. The maximum atomic E-state index is 13.4. The summed E-state index contributed by atoms with van der Waals surface area (Å²) in [6, 6.07) is 0. The monoisotopic (exact) mass is 187 g/mol. The standard InChI is InChI=1S/C8H11F2N3/c9-8(10)5-3-1-2-4-6-7(8)12-13-11-6/h1-5H2,(H,11,12,13). The summed E-state index contributed by atoms with van der Waals surface area (Å²) >= 11 is 0. The summed E-state index contributed by atoms with van der Waals surface area (Å²) in [5.41, 5.74) is 0.358. The number of rotatable bonds is 0. The number of aryl methyl sites for hydroxylation is 1. The minimum atomic E-state index is -2.76. The van der Waals surface area contributed by atoms with Gasteiger partial charge < -0.3 is 0 Å². The van der Waals surface area contributed by atoms with Crippen LogP contribution in [0.1, 0.15) is 37.1 Å². The maximum absolute atomic E-state index is 13.4. The largest absolute Gasteiger partial charge is 0.291 e. The molecule has 13 heavy (non-hydrogen) atoms. The lowest BCUT2D eigenvalue weighted by Crippen LogP contribution is -2.18. The lowest BCUT2D eigenvalue weighted by molar-refractivity contribution is -0.0224. The Hall–Kier alpha value is -1.00. The van der Waals surface area contributed by atoms with E-state index in [2.05, 4.69) is 15.4 Å². The van der Waals surface area contributed by atoms with Gasteiger partial charge in [0.2, 0.25) is 0 Å². The summed E-state index contributed by atoms with van der Waals surface area (Å²) < 4.78 is 26.7. The van der Waals surface area contributed by atoms with Crippen molar-refractivity contribution in [3.8, 4) is 0 Å². The van der Waals surface area contributed by atoms with Crippen LogP contribution in [0.4, 0.5) is 8.78 Å². The highest BCUT2D eigenvalue weighted by Crippen LogP contribution is 2.35. The minimum absolute atomic E-state index is 0.0767. The highest BCUT2D eigenvalue weighted by Gasteiger charge is 2.36. The molecule has 1 aromatic rings. The summed E-state index contributed by atoms with van der Waals surface area (Å²) in [6.45, 7) is 0. The number of hydrogen-bond donors (Lipinski definition) is 1. The Morgan fingerprint density at radius 1 is 1.23 bits per heavy atom. The lowest BCUT2D eigenvalue weighted by Gasteiger charge is -2.17. The van der Waals surface area contributed by atoms with Gasteiger partial charge in [-0.25, -0.2) is 0 Å². The van der Waals surface area contributed by atoms with E-state index in [-0.39, 0.29) is 12.1 Å². The molecule has 0 bridgehead atoms. The number of nitrogens with zero attached hydrogens (tertiary/aromatic N) is 2. The lowest BCUT2D eigenvalue weighted by atomic mass is 9.98. The van der Waals surface area contributed by atoms with Crippen molar-refractivity contribution in [1.29, 1.82) is 0 Å². The fourth-order valence-electron chi connectivity index (χ4n) is 1.66. The van der Waals surface area contributed by atoms with Gasteiger partial charge in [0.1, 0.15) is 5.69 Å². The number of aromatic nitrogens is 3. The van der Waals surface area contributed by atoms with E-state index >= 15 is 0 Å². The Balaban J connectivity index is 2.36. The van der Waals surface area contributed by atoms with E-state index in [4.69, 9.17) is 0 Å². The number of halogens is 2. The molecule has 72 valence electrons. The molecule has 0 spiro atoms. The summed E-state index contributed by atoms with van der Waals surface area (Å²) in [7, 11) is 0. The molecule has 0 aliphatic heterocycles. The molecular formula is C8H11F2N3. The average molecular weight is 187 g/mol. The van der Waals surface area contributed by atoms with E-state index in [1.54, 1.807) is 0 Å². The number of aromatic amines is 1. The Labute approximate surface area is 74.5 Å². The van der Waals surface area contributed by atoms with E-state index < -0.39 is 5.92 Å². The van der Waals surface area contributed by atoms with Crippen LogP contribution in [0, 0.1) is 0 Å². The molecule has 1 heterocycles. The Morgan fingerprint density at radius 3 is 2.92 bits per heavy atom. The highest BCUT2D eigenvalue weighted by atomic mass is 19.3. The molecule has 0 amide bonds. The van der Waals surface area contributed by atoms with Crippen LogP contribution in [0.3, 0.4) is 0 Å². The van der Waals surface area contributed by atoms with Crippen LogP contribution in [-0.4, -0.2) is 15.4 Å². The first-order valence-electron chi connectivity index (χ1n) is 4.48. The van der Waals surface area contributed by atoms with Crippen LogP contribution in [0.25, 0.3) is 0 Å². The van der Waals surface area contributed by atoms with Crippen molar-refractivity contribution in [3.05, 3.63) is 11.4 Å². The quantitative estimate of drug-likeness (QED) is 0.675. The highest BCUT2D eigenvalue weighted by molar-refractivity contribution is 5.15. The van der Waals surface area contributed by atoms with Gasteiger partial charge in [0.25, 0.3) is 5.92 Å². The van der Waals surface area contributed by atoms with E-state index in [1.165, 1.54) is 0 Å². The van der Waals surface area contributed by atoms with Crippen LogP contribution in [0.15, 0.2) is 0 Å². The number of fused-ring (bicyclic) bond motifs is 1. The third-order valence-corrected chi connectivity index (χ3v) is 2.39. The molecule has 0 aromatic carbocycles. The molecule has 0 radical (unpaired) electrons. The summed E-state index contributed by atoms with van der Waals surface area (Å²) in [6.07, 6.45) is 2.87. The molecule has 1 aliphatic carbocycles.